The molecule has 0 bridgehead atoms. The molecule has 1 saturated heterocycles. The summed E-state index contributed by atoms with van der Waals surface area (Å²) >= 11 is 3.08. The number of carbonyl (C=O) groups excluding carboxylic acids is 1. The molecule has 0 unspecified atom stereocenters. The Morgan fingerprint density at radius 3 is 2.68 bits per heavy atom. The molecule has 2 N–H and O–H groups in total. The standard InChI is InChI=1S/C22H23F2N3O2S2/c23-19(24)8-9-22(29)10-12-27(13-11-22)21(28)15-4-6-16(7-5-15)26-31-18-3-1-2-17-20(18)25-14-30-17/h1-7,14,19,26,29H,8-13H2. The SMILES string of the molecule is O=C(c1ccc(NSc2cccc3scnc23)cc1)N1CCC(O)(CCC(F)F)CC1. The van der Waals surface area contributed by atoms with Crippen LogP contribution in [0.25, 0.3) is 10.2 Å². The first-order valence-electron chi connectivity index (χ1n) is 10.1. The van der Waals surface area contributed by atoms with Gasteiger partial charge in [0.15, 0.2) is 0 Å². The number of hydrogen-bond acceptors (Lipinski definition) is 6. The van der Waals surface area contributed by atoms with E-state index in [1.807, 2.05) is 35.8 Å². The number of aromatic nitrogens is 1. The van der Waals surface area contributed by atoms with Crippen molar-refractivity contribution < 1.29 is 18.7 Å². The molecule has 1 amide bonds. The van der Waals surface area contributed by atoms with E-state index in [-0.39, 0.29) is 18.7 Å². The van der Waals surface area contributed by atoms with Crippen molar-refractivity contribution in [3.63, 3.8) is 0 Å². The largest absolute Gasteiger partial charge is 0.390 e. The van der Waals surface area contributed by atoms with Gasteiger partial charge in [0.05, 0.1) is 26.2 Å². The van der Waals surface area contributed by atoms with E-state index in [4.69, 9.17) is 0 Å². The van der Waals surface area contributed by atoms with Crippen LogP contribution in [0.2, 0.25) is 0 Å². The van der Waals surface area contributed by atoms with Crippen LogP contribution >= 0.6 is 23.3 Å². The van der Waals surface area contributed by atoms with Crippen molar-refractivity contribution in [2.75, 3.05) is 17.8 Å². The second-order valence-corrected chi connectivity index (χ2v) is 9.42. The fourth-order valence-corrected chi connectivity index (χ4v) is 5.21. The smallest absolute Gasteiger partial charge is 0.253 e. The molecular formula is C22H23F2N3O2S2. The molecule has 9 heteroatoms. The Labute approximate surface area is 187 Å². The highest BCUT2D eigenvalue weighted by atomic mass is 32.2. The van der Waals surface area contributed by atoms with Crippen molar-refractivity contribution >= 4 is 45.1 Å². The Balaban J connectivity index is 1.32. The molecule has 1 aliphatic rings. The Morgan fingerprint density at radius 2 is 1.97 bits per heavy atom. The molecule has 2 heterocycles. The Hall–Kier alpha value is -2.23. The molecule has 4 rings (SSSR count). The maximum atomic E-state index is 12.8. The number of aliphatic hydroxyl groups is 1. The topological polar surface area (TPSA) is 65.5 Å². The number of alkyl halides is 2. The summed E-state index contributed by atoms with van der Waals surface area (Å²) in [5.74, 6) is -0.109. The van der Waals surface area contributed by atoms with Gasteiger partial charge >= 0.3 is 0 Å². The number of amides is 1. The predicted octanol–water partition coefficient (Wildman–Crippen LogP) is 5.43. The average Bonchev–Trinajstić information content (AvgIpc) is 3.26. The summed E-state index contributed by atoms with van der Waals surface area (Å²) in [4.78, 5) is 19.9. The summed E-state index contributed by atoms with van der Waals surface area (Å²) in [7, 11) is 0. The van der Waals surface area contributed by atoms with Crippen molar-refractivity contribution in [3.05, 3.63) is 53.5 Å². The van der Waals surface area contributed by atoms with Gasteiger partial charge in [0.1, 0.15) is 0 Å². The zero-order valence-electron chi connectivity index (χ0n) is 16.8. The Bertz CT molecular complexity index is 1030. The van der Waals surface area contributed by atoms with E-state index in [2.05, 4.69) is 9.71 Å². The zero-order chi connectivity index (χ0) is 21.8. The van der Waals surface area contributed by atoms with Crippen LogP contribution in [0.1, 0.15) is 36.0 Å². The zero-order valence-corrected chi connectivity index (χ0v) is 18.4. The van der Waals surface area contributed by atoms with Crippen LogP contribution in [-0.2, 0) is 0 Å². The number of halogens is 2. The van der Waals surface area contributed by atoms with Crippen LogP contribution in [0.5, 0.6) is 0 Å². The second kappa shape index (κ2) is 9.50. The molecule has 0 radical (unpaired) electrons. The van der Waals surface area contributed by atoms with Gasteiger partial charge in [-0.1, -0.05) is 6.07 Å². The maximum Gasteiger partial charge on any atom is 0.253 e. The van der Waals surface area contributed by atoms with Gasteiger partial charge in [0.25, 0.3) is 5.91 Å². The number of benzene rings is 2. The van der Waals surface area contributed by atoms with E-state index >= 15 is 0 Å². The lowest BCUT2D eigenvalue weighted by atomic mass is 9.87. The van der Waals surface area contributed by atoms with E-state index in [0.717, 1.165) is 20.8 Å². The molecule has 31 heavy (non-hydrogen) atoms. The Kier molecular flexibility index (Phi) is 6.74. The van der Waals surface area contributed by atoms with Crippen LogP contribution in [0.4, 0.5) is 14.5 Å². The molecule has 0 spiro atoms. The first kappa shape index (κ1) is 22.0. The molecule has 2 aromatic carbocycles. The molecule has 1 fully saturated rings. The van der Waals surface area contributed by atoms with Crippen molar-refractivity contribution in [3.8, 4) is 0 Å². The van der Waals surface area contributed by atoms with E-state index in [1.165, 1.54) is 11.9 Å². The van der Waals surface area contributed by atoms with Crippen LogP contribution < -0.4 is 4.72 Å². The number of para-hydroxylation sites is 1. The molecule has 164 valence electrons. The first-order chi connectivity index (χ1) is 14.9. The number of thiazole rings is 1. The fourth-order valence-electron chi connectivity index (χ4n) is 3.67. The van der Waals surface area contributed by atoms with Gasteiger partial charge in [-0.05, 0) is 67.6 Å². The molecule has 1 aliphatic heterocycles. The van der Waals surface area contributed by atoms with Crippen molar-refractivity contribution in [1.82, 2.24) is 9.88 Å². The number of fused-ring (bicyclic) bond motifs is 1. The molecule has 0 atom stereocenters. The minimum Gasteiger partial charge on any atom is -0.390 e. The van der Waals surface area contributed by atoms with Crippen LogP contribution in [-0.4, -0.2) is 46.0 Å². The molecule has 0 saturated carbocycles. The third-order valence-corrected chi connectivity index (χ3v) is 7.22. The molecular weight excluding hydrogens is 440 g/mol. The first-order valence-corrected chi connectivity index (χ1v) is 11.8. The third-order valence-electron chi connectivity index (χ3n) is 5.54. The summed E-state index contributed by atoms with van der Waals surface area (Å²) < 4.78 is 29.3. The van der Waals surface area contributed by atoms with Gasteiger partial charge in [0.2, 0.25) is 6.43 Å². The maximum absolute atomic E-state index is 12.8. The highest BCUT2D eigenvalue weighted by Crippen LogP contribution is 2.31. The van der Waals surface area contributed by atoms with Crippen LogP contribution in [0.3, 0.4) is 0 Å². The minimum absolute atomic E-state index is 0.0688. The Morgan fingerprint density at radius 1 is 1.23 bits per heavy atom. The van der Waals surface area contributed by atoms with Gasteiger partial charge in [-0.2, -0.15) is 0 Å². The van der Waals surface area contributed by atoms with Gasteiger partial charge in [-0.3, -0.25) is 4.79 Å². The van der Waals surface area contributed by atoms with Crippen molar-refractivity contribution in [1.29, 1.82) is 0 Å². The van der Waals surface area contributed by atoms with Gasteiger partial charge in [-0.25, -0.2) is 13.8 Å². The third kappa shape index (κ3) is 5.34. The summed E-state index contributed by atoms with van der Waals surface area (Å²) in [6.45, 7) is 0.734. The van der Waals surface area contributed by atoms with Crippen LogP contribution in [0, 0.1) is 0 Å². The van der Waals surface area contributed by atoms with Gasteiger partial charge < -0.3 is 14.7 Å². The summed E-state index contributed by atoms with van der Waals surface area (Å²) in [5.41, 5.74) is 3.13. The minimum atomic E-state index is -2.41. The van der Waals surface area contributed by atoms with E-state index in [1.54, 1.807) is 28.4 Å². The lowest BCUT2D eigenvalue weighted by Gasteiger charge is -2.38. The number of rotatable bonds is 7. The normalized spacial score (nSPS) is 16.1. The fraction of sp³-hybridized carbons (Fsp3) is 0.364. The average molecular weight is 464 g/mol. The van der Waals surface area contributed by atoms with Crippen LogP contribution in [0.15, 0.2) is 52.9 Å². The summed E-state index contributed by atoms with van der Waals surface area (Å²) in [6, 6.07) is 13.3. The predicted molar refractivity (Wildman–Crippen MR) is 121 cm³/mol. The van der Waals surface area contributed by atoms with Crippen molar-refractivity contribution in [2.45, 2.75) is 42.6 Å². The van der Waals surface area contributed by atoms with Crippen molar-refractivity contribution in [2.24, 2.45) is 0 Å². The highest BCUT2D eigenvalue weighted by Gasteiger charge is 2.34. The molecule has 3 aromatic rings. The quantitative estimate of drug-likeness (QED) is 0.458. The lowest BCUT2D eigenvalue weighted by molar-refractivity contribution is -0.0346. The molecule has 0 aliphatic carbocycles. The second-order valence-electron chi connectivity index (χ2n) is 7.68. The molecule has 1 aromatic heterocycles. The number of anilines is 1. The monoisotopic (exact) mass is 463 g/mol. The summed E-state index contributed by atoms with van der Waals surface area (Å²) in [5, 5.41) is 10.4. The van der Waals surface area contributed by atoms with E-state index in [0.29, 0.717) is 31.5 Å². The number of hydrogen-bond donors (Lipinski definition) is 2. The van der Waals surface area contributed by atoms with Gasteiger partial charge in [-0.15, -0.1) is 11.3 Å². The lowest BCUT2D eigenvalue weighted by Crippen LogP contribution is -2.46. The number of nitrogens with zero attached hydrogens (tertiary/aromatic N) is 2. The van der Waals surface area contributed by atoms with Gasteiger partial charge in [0, 0.05) is 30.8 Å². The summed E-state index contributed by atoms with van der Waals surface area (Å²) in [6.07, 6.45) is -2.01. The number of nitrogens with one attached hydrogen (secondary N) is 1. The van der Waals surface area contributed by atoms with E-state index in [9.17, 15) is 18.7 Å². The van der Waals surface area contributed by atoms with E-state index < -0.39 is 12.0 Å². The number of likely N-dealkylation sites (tertiary alicyclic amines) is 1. The highest BCUT2D eigenvalue weighted by molar-refractivity contribution is 8.00. The molecule has 5 nitrogen and oxygen atoms in total. The number of carbonyl (C=O) groups is 1. The number of piperidine rings is 1.